The number of nitrogens with zero attached hydrogens (tertiary/aromatic N) is 2. The van der Waals surface area contributed by atoms with E-state index in [1.165, 1.54) is 4.35 Å². The standard InChI is InChI=1S/C18H13AsBrN3O/c1-2-4-17(24)23-14-7-8-16-15(10-14)18(22-11-21-16)19-12-5-3-6-13(20)9-12/h3,5-11,19H,1H3,(H,23,24). The molecule has 3 rings (SSSR count). The summed E-state index contributed by atoms with van der Waals surface area (Å²) in [6.45, 7) is 1.63. The summed E-state index contributed by atoms with van der Waals surface area (Å²) in [4.78, 5) is 20.4. The average molecular weight is 442 g/mol. The number of amides is 1. The number of nitrogens with one attached hydrogen (secondary N) is 1. The fourth-order valence-corrected chi connectivity index (χ4v) is 5.44. The van der Waals surface area contributed by atoms with Crippen molar-refractivity contribution in [1.29, 1.82) is 0 Å². The first-order chi connectivity index (χ1) is 11.7. The van der Waals surface area contributed by atoms with Gasteiger partial charge in [-0.15, -0.1) is 0 Å². The van der Waals surface area contributed by atoms with Crippen molar-refractivity contribution < 1.29 is 4.79 Å². The van der Waals surface area contributed by atoms with Crippen LogP contribution in [0.25, 0.3) is 10.9 Å². The molecule has 24 heavy (non-hydrogen) atoms. The second kappa shape index (κ2) is 7.61. The van der Waals surface area contributed by atoms with Crippen molar-refractivity contribution in [2.24, 2.45) is 0 Å². The van der Waals surface area contributed by atoms with Gasteiger partial charge in [-0.2, -0.15) is 0 Å². The minimum absolute atomic E-state index is 0.321. The van der Waals surface area contributed by atoms with Gasteiger partial charge in [0, 0.05) is 0 Å². The molecule has 4 nitrogen and oxygen atoms in total. The van der Waals surface area contributed by atoms with E-state index in [-0.39, 0.29) is 5.91 Å². The van der Waals surface area contributed by atoms with Gasteiger partial charge in [0.1, 0.15) is 0 Å². The molecule has 1 heterocycles. The summed E-state index contributed by atoms with van der Waals surface area (Å²) in [5, 5.41) is 3.75. The number of hydrogen-bond acceptors (Lipinski definition) is 3. The van der Waals surface area contributed by atoms with Gasteiger partial charge in [-0.25, -0.2) is 0 Å². The summed E-state index contributed by atoms with van der Waals surface area (Å²) >= 11 is 2.90. The zero-order valence-electron chi connectivity index (χ0n) is 12.8. The van der Waals surface area contributed by atoms with Crippen molar-refractivity contribution in [2.75, 3.05) is 5.32 Å². The van der Waals surface area contributed by atoms with Crippen molar-refractivity contribution in [3.63, 3.8) is 0 Å². The predicted molar refractivity (Wildman–Crippen MR) is 102 cm³/mol. The molecule has 3 aromatic rings. The number of carbonyl (C=O) groups excluding carboxylic acids is 1. The Morgan fingerprint density at radius 1 is 1.21 bits per heavy atom. The first-order valence-electron chi connectivity index (χ1n) is 7.17. The van der Waals surface area contributed by atoms with Gasteiger partial charge in [0.05, 0.1) is 0 Å². The van der Waals surface area contributed by atoms with Gasteiger partial charge in [-0.05, 0) is 0 Å². The van der Waals surface area contributed by atoms with E-state index in [2.05, 4.69) is 55.2 Å². The van der Waals surface area contributed by atoms with E-state index >= 15 is 0 Å². The molecule has 6 heteroatoms. The molecule has 0 saturated heterocycles. The third kappa shape index (κ3) is 4.03. The van der Waals surface area contributed by atoms with E-state index in [9.17, 15) is 4.79 Å². The zero-order valence-corrected chi connectivity index (χ0v) is 16.5. The molecule has 2 aromatic carbocycles. The van der Waals surface area contributed by atoms with Crippen LogP contribution in [0.5, 0.6) is 0 Å². The molecule has 0 aliphatic rings. The summed E-state index contributed by atoms with van der Waals surface area (Å²) in [5.74, 6) is 4.74. The van der Waals surface area contributed by atoms with E-state index in [1.54, 1.807) is 13.3 Å². The van der Waals surface area contributed by atoms with Crippen LogP contribution in [0, 0.1) is 11.8 Å². The molecule has 0 spiro atoms. The van der Waals surface area contributed by atoms with Crippen molar-refractivity contribution in [1.82, 2.24) is 9.97 Å². The summed E-state index contributed by atoms with van der Waals surface area (Å²) < 4.78 is 3.37. The quantitative estimate of drug-likeness (QED) is 0.497. The van der Waals surface area contributed by atoms with Crippen molar-refractivity contribution in [3.8, 4) is 11.8 Å². The van der Waals surface area contributed by atoms with Crippen molar-refractivity contribution in [2.45, 2.75) is 6.92 Å². The monoisotopic (exact) mass is 441 g/mol. The molecule has 1 aromatic heterocycles. The summed E-state index contributed by atoms with van der Waals surface area (Å²) in [5.41, 5.74) is 1.57. The Morgan fingerprint density at radius 3 is 2.88 bits per heavy atom. The molecule has 0 saturated carbocycles. The summed E-state index contributed by atoms with van der Waals surface area (Å²) in [6.07, 6.45) is 1.60. The second-order valence-corrected chi connectivity index (χ2v) is 8.56. The predicted octanol–water partition coefficient (Wildman–Crippen LogP) is 1.74. The number of halogens is 1. The van der Waals surface area contributed by atoms with Gasteiger partial charge in [-0.3, -0.25) is 0 Å². The van der Waals surface area contributed by atoms with Crippen molar-refractivity contribution >= 4 is 63.0 Å². The first-order valence-corrected chi connectivity index (χ1v) is 10.1. The fourth-order valence-electron chi connectivity index (χ4n) is 2.21. The van der Waals surface area contributed by atoms with Gasteiger partial charge in [0.2, 0.25) is 0 Å². The summed E-state index contributed by atoms with van der Waals surface area (Å²) in [6, 6.07) is 13.9. The number of hydrogen-bond donors (Lipinski definition) is 1. The molecule has 0 bridgehead atoms. The molecule has 0 fully saturated rings. The molecule has 1 N–H and O–H groups in total. The maximum atomic E-state index is 11.6. The average Bonchev–Trinajstić information content (AvgIpc) is 2.56. The number of rotatable bonds is 3. The van der Waals surface area contributed by atoms with Gasteiger partial charge >= 0.3 is 155 Å². The molecule has 1 atom stereocenters. The van der Waals surface area contributed by atoms with E-state index in [0.717, 1.165) is 19.9 Å². The Hall–Kier alpha value is -2.15. The van der Waals surface area contributed by atoms with E-state index < -0.39 is 15.8 Å². The Kier molecular flexibility index (Phi) is 5.30. The Labute approximate surface area is 154 Å². The SMILES string of the molecule is CC#CC(=O)Nc1ccc2ncnc([AsH]c3cccc(Br)c3)c2c1. The topological polar surface area (TPSA) is 54.9 Å². The van der Waals surface area contributed by atoms with E-state index in [0.29, 0.717) is 5.69 Å². The van der Waals surface area contributed by atoms with E-state index in [1.807, 2.05) is 30.3 Å². The molecule has 0 aliphatic carbocycles. The van der Waals surface area contributed by atoms with Crippen molar-refractivity contribution in [3.05, 3.63) is 53.3 Å². The van der Waals surface area contributed by atoms with Crippen LogP contribution in [0.1, 0.15) is 6.92 Å². The molecular formula is C18H13AsBrN3O. The van der Waals surface area contributed by atoms with Crippen LogP contribution in [0.2, 0.25) is 0 Å². The van der Waals surface area contributed by atoms with Gasteiger partial charge < -0.3 is 0 Å². The summed E-state index contributed by atoms with van der Waals surface area (Å²) in [7, 11) is 0. The second-order valence-electron chi connectivity index (χ2n) is 4.92. The number of fused-ring (bicyclic) bond motifs is 1. The Balaban J connectivity index is 1.97. The van der Waals surface area contributed by atoms with Crippen LogP contribution in [0.15, 0.2) is 53.3 Å². The van der Waals surface area contributed by atoms with Gasteiger partial charge in [-0.1, -0.05) is 0 Å². The van der Waals surface area contributed by atoms with Crippen LogP contribution in [0.3, 0.4) is 0 Å². The molecule has 1 amide bonds. The third-order valence-corrected chi connectivity index (χ3v) is 6.30. The van der Waals surface area contributed by atoms with Crippen LogP contribution in [-0.4, -0.2) is 31.6 Å². The Morgan fingerprint density at radius 2 is 2.08 bits per heavy atom. The zero-order chi connectivity index (χ0) is 16.9. The first kappa shape index (κ1) is 16.7. The third-order valence-electron chi connectivity index (χ3n) is 3.22. The number of aromatic nitrogens is 2. The molecule has 1 unspecified atom stereocenters. The molecular weight excluding hydrogens is 429 g/mol. The Bertz CT molecular complexity index is 979. The number of anilines is 1. The number of carbonyl (C=O) groups is 1. The van der Waals surface area contributed by atoms with E-state index in [4.69, 9.17) is 0 Å². The minimum atomic E-state index is -0.608. The van der Waals surface area contributed by atoms with Crippen LogP contribution >= 0.6 is 15.9 Å². The molecule has 0 radical (unpaired) electrons. The van der Waals surface area contributed by atoms with Gasteiger partial charge in [0.25, 0.3) is 0 Å². The fraction of sp³-hybridized carbons (Fsp3) is 0.0556. The van der Waals surface area contributed by atoms with Crippen LogP contribution < -0.4 is 14.1 Å². The van der Waals surface area contributed by atoms with Crippen LogP contribution in [0.4, 0.5) is 5.69 Å². The molecule has 0 aliphatic heterocycles. The number of benzene rings is 2. The normalized spacial score (nSPS) is 10.6. The molecule has 118 valence electrons. The maximum absolute atomic E-state index is 11.6. The van der Waals surface area contributed by atoms with Crippen LogP contribution in [-0.2, 0) is 4.79 Å². The van der Waals surface area contributed by atoms with Gasteiger partial charge in [0.15, 0.2) is 0 Å².